The van der Waals surface area contributed by atoms with E-state index in [1.807, 2.05) is 24.3 Å². The van der Waals surface area contributed by atoms with Crippen molar-refractivity contribution in [3.8, 4) is 5.75 Å². The molecule has 0 aliphatic carbocycles. The van der Waals surface area contributed by atoms with Gasteiger partial charge >= 0.3 is 0 Å². The molecule has 106 valence electrons. The third-order valence-electron chi connectivity index (χ3n) is 2.97. The van der Waals surface area contributed by atoms with Gasteiger partial charge in [0.2, 0.25) is 0 Å². The highest BCUT2D eigenvalue weighted by Crippen LogP contribution is 2.29. The van der Waals surface area contributed by atoms with Crippen LogP contribution in [0.5, 0.6) is 5.75 Å². The summed E-state index contributed by atoms with van der Waals surface area (Å²) >= 11 is 9.34. The van der Waals surface area contributed by atoms with Crippen LogP contribution in [-0.2, 0) is 6.42 Å². The summed E-state index contributed by atoms with van der Waals surface area (Å²) in [6, 6.07) is 9.31. The summed E-state index contributed by atoms with van der Waals surface area (Å²) in [4.78, 5) is 4.36. The average Bonchev–Trinajstić information content (AvgIpc) is 2.47. The summed E-state index contributed by atoms with van der Waals surface area (Å²) < 4.78 is 6.30. The number of rotatable bonds is 5. The van der Waals surface area contributed by atoms with Crippen LogP contribution in [0.1, 0.15) is 17.3 Å². The van der Waals surface area contributed by atoms with Gasteiger partial charge in [0.25, 0.3) is 0 Å². The Balaban J connectivity index is 2.26. The highest BCUT2D eigenvalue weighted by Gasteiger charge is 2.16. The Morgan fingerprint density at radius 1 is 1.40 bits per heavy atom. The van der Waals surface area contributed by atoms with E-state index in [0.717, 1.165) is 15.7 Å². The largest absolute Gasteiger partial charge is 0.496 e. The molecule has 1 atom stereocenters. The normalized spacial score (nSPS) is 12.2. The predicted molar refractivity (Wildman–Crippen MR) is 83.7 cm³/mol. The third kappa shape index (κ3) is 3.70. The molecular weight excluding hydrogens is 342 g/mol. The van der Waals surface area contributed by atoms with Crippen molar-refractivity contribution >= 4 is 27.5 Å². The van der Waals surface area contributed by atoms with Gasteiger partial charge in [-0.15, -0.1) is 0 Å². The van der Waals surface area contributed by atoms with Crippen molar-refractivity contribution in [2.24, 2.45) is 5.84 Å². The second-order valence-corrected chi connectivity index (χ2v) is 5.63. The van der Waals surface area contributed by atoms with Crippen molar-refractivity contribution in [2.75, 3.05) is 7.11 Å². The van der Waals surface area contributed by atoms with Gasteiger partial charge in [0.15, 0.2) is 0 Å². The number of nitrogens with one attached hydrogen (secondary N) is 1. The van der Waals surface area contributed by atoms with E-state index < -0.39 is 0 Å². The molecule has 1 aromatic carbocycles. The monoisotopic (exact) mass is 355 g/mol. The quantitative estimate of drug-likeness (QED) is 0.638. The van der Waals surface area contributed by atoms with Crippen LogP contribution in [0.3, 0.4) is 0 Å². The minimum atomic E-state index is -0.101. The van der Waals surface area contributed by atoms with Crippen molar-refractivity contribution in [1.29, 1.82) is 0 Å². The van der Waals surface area contributed by atoms with E-state index in [2.05, 4.69) is 26.3 Å². The Hall–Kier alpha value is -1.14. The van der Waals surface area contributed by atoms with Gasteiger partial charge < -0.3 is 4.74 Å². The maximum atomic E-state index is 5.97. The van der Waals surface area contributed by atoms with E-state index in [9.17, 15) is 0 Å². The summed E-state index contributed by atoms with van der Waals surface area (Å²) in [6.07, 6.45) is 2.42. The lowest BCUT2D eigenvalue weighted by atomic mass is 10.0. The molecule has 0 fully saturated rings. The lowest BCUT2D eigenvalue weighted by Gasteiger charge is -2.19. The van der Waals surface area contributed by atoms with Crippen LogP contribution in [0.4, 0.5) is 0 Å². The number of aromatic nitrogens is 1. The number of nitrogens with two attached hydrogens (primary N) is 1. The number of benzene rings is 1. The first-order valence-corrected chi connectivity index (χ1v) is 7.21. The van der Waals surface area contributed by atoms with Gasteiger partial charge in [-0.2, -0.15) is 0 Å². The molecule has 0 spiro atoms. The summed E-state index contributed by atoms with van der Waals surface area (Å²) in [5, 5.41) is 0.628. The molecule has 2 aromatic rings. The Labute approximate surface area is 131 Å². The highest BCUT2D eigenvalue weighted by molar-refractivity contribution is 9.10. The first-order chi connectivity index (χ1) is 9.63. The molecule has 0 saturated heterocycles. The summed E-state index contributed by atoms with van der Waals surface area (Å²) in [7, 11) is 1.61. The van der Waals surface area contributed by atoms with E-state index >= 15 is 0 Å². The van der Waals surface area contributed by atoms with Gasteiger partial charge in [-0.05, 0) is 40.2 Å². The van der Waals surface area contributed by atoms with E-state index in [4.69, 9.17) is 22.2 Å². The average molecular weight is 357 g/mol. The predicted octanol–water partition coefficient (Wildman–Crippen LogP) is 3.25. The molecule has 20 heavy (non-hydrogen) atoms. The number of nitrogens with zero attached hydrogens (tertiary/aromatic N) is 1. The van der Waals surface area contributed by atoms with Crippen molar-refractivity contribution in [2.45, 2.75) is 12.5 Å². The molecule has 1 unspecified atom stereocenters. The van der Waals surface area contributed by atoms with Crippen LogP contribution in [0, 0.1) is 0 Å². The van der Waals surface area contributed by atoms with Crippen molar-refractivity contribution in [3.63, 3.8) is 0 Å². The minimum absolute atomic E-state index is 0.101. The van der Waals surface area contributed by atoms with Crippen LogP contribution >= 0.6 is 27.5 Å². The number of hydrazine groups is 1. The SMILES string of the molecule is COc1cc(Cl)ccc1C(Cc1ccc(Br)cn1)NN. The molecule has 0 aliphatic rings. The number of ether oxygens (including phenoxy) is 1. The van der Waals surface area contributed by atoms with Crippen LogP contribution in [0.2, 0.25) is 5.02 Å². The fraction of sp³-hybridized carbons (Fsp3) is 0.214. The minimum Gasteiger partial charge on any atom is -0.496 e. The molecule has 4 nitrogen and oxygen atoms in total. The molecule has 0 radical (unpaired) electrons. The number of hydrogen-bond donors (Lipinski definition) is 2. The van der Waals surface area contributed by atoms with Crippen molar-refractivity contribution in [3.05, 3.63) is 57.3 Å². The summed E-state index contributed by atoms with van der Waals surface area (Å²) in [5.74, 6) is 6.37. The lowest BCUT2D eigenvalue weighted by molar-refractivity contribution is 0.398. The first kappa shape index (κ1) is 15.3. The molecule has 3 N–H and O–H groups in total. The first-order valence-electron chi connectivity index (χ1n) is 6.04. The van der Waals surface area contributed by atoms with Crippen LogP contribution in [0.25, 0.3) is 0 Å². The Kier molecular flexibility index (Phi) is 5.37. The molecule has 1 heterocycles. The molecule has 0 aliphatic heterocycles. The van der Waals surface area contributed by atoms with Gasteiger partial charge in [0.05, 0.1) is 13.2 Å². The fourth-order valence-electron chi connectivity index (χ4n) is 1.97. The molecule has 2 rings (SSSR count). The van der Waals surface area contributed by atoms with Gasteiger partial charge in [0.1, 0.15) is 5.75 Å². The molecular formula is C14H15BrClN3O. The maximum Gasteiger partial charge on any atom is 0.125 e. The lowest BCUT2D eigenvalue weighted by Crippen LogP contribution is -2.30. The highest BCUT2D eigenvalue weighted by atomic mass is 79.9. The van der Waals surface area contributed by atoms with E-state index in [-0.39, 0.29) is 6.04 Å². The Bertz CT molecular complexity index is 577. The van der Waals surface area contributed by atoms with Crippen LogP contribution in [0.15, 0.2) is 41.0 Å². The summed E-state index contributed by atoms with van der Waals surface area (Å²) in [5.41, 5.74) is 4.69. The van der Waals surface area contributed by atoms with E-state index in [1.54, 1.807) is 19.4 Å². The molecule has 6 heteroatoms. The van der Waals surface area contributed by atoms with Gasteiger partial charge in [-0.25, -0.2) is 0 Å². The van der Waals surface area contributed by atoms with Crippen molar-refractivity contribution in [1.82, 2.24) is 10.4 Å². The van der Waals surface area contributed by atoms with E-state index in [0.29, 0.717) is 17.2 Å². The number of pyridine rings is 1. The van der Waals surface area contributed by atoms with E-state index in [1.165, 1.54) is 0 Å². The molecule has 0 amide bonds. The Morgan fingerprint density at radius 3 is 2.80 bits per heavy atom. The number of methoxy groups -OCH3 is 1. The fourth-order valence-corrected chi connectivity index (χ4v) is 2.36. The summed E-state index contributed by atoms with van der Waals surface area (Å²) in [6.45, 7) is 0. The third-order valence-corrected chi connectivity index (χ3v) is 3.68. The van der Waals surface area contributed by atoms with Gasteiger partial charge in [-0.3, -0.25) is 16.3 Å². The van der Waals surface area contributed by atoms with Crippen LogP contribution < -0.4 is 16.0 Å². The smallest absolute Gasteiger partial charge is 0.125 e. The zero-order valence-corrected chi connectivity index (χ0v) is 13.3. The topological polar surface area (TPSA) is 60.2 Å². The second-order valence-electron chi connectivity index (χ2n) is 4.28. The standard InChI is InChI=1S/C14H15BrClN3O/c1-20-14-6-10(16)3-5-12(14)13(19-17)7-11-4-2-9(15)8-18-11/h2-6,8,13,19H,7,17H2,1H3. The van der Waals surface area contributed by atoms with Crippen LogP contribution in [-0.4, -0.2) is 12.1 Å². The van der Waals surface area contributed by atoms with Crippen molar-refractivity contribution < 1.29 is 4.74 Å². The molecule has 0 saturated carbocycles. The zero-order valence-electron chi connectivity index (χ0n) is 10.9. The molecule has 1 aromatic heterocycles. The Morgan fingerprint density at radius 2 is 2.20 bits per heavy atom. The second kappa shape index (κ2) is 7.04. The maximum absolute atomic E-state index is 5.97. The number of halogens is 2. The van der Waals surface area contributed by atoms with Gasteiger partial charge in [-0.1, -0.05) is 17.7 Å². The molecule has 0 bridgehead atoms. The number of hydrogen-bond acceptors (Lipinski definition) is 4. The van der Waals surface area contributed by atoms with Gasteiger partial charge in [0, 0.05) is 33.4 Å². The zero-order chi connectivity index (χ0) is 14.5.